The van der Waals surface area contributed by atoms with Crippen molar-refractivity contribution < 1.29 is 0 Å². The minimum absolute atomic E-state index is 0.465. The summed E-state index contributed by atoms with van der Waals surface area (Å²) in [5.41, 5.74) is 10.2. The standard InChI is InChI=1S/C14H12N4/c1-8-9(2)18-12-6-4-3-5-10(12)13(16)17-14(18)11(8)7-15/h3-6H,1-2H3,(H2,16,17). The monoisotopic (exact) mass is 236 g/mol. The van der Waals surface area contributed by atoms with Gasteiger partial charge in [0.05, 0.1) is 11.1 Å². The van der Waals surface area contributed by atoms with Crippen LogP contribution in [-0.2, 0) is 0 Å². The van der Waals surface area contributed by atoms with Gasteiger partial charge >= 0.3 is 0 Å². The zero-order chi connectivity index (χ0) is 12.9. The van der Waals surface area contributed by atoms with Gasteiger partial charge in [-0.2, -0.15) is 5.26 Å². The number of nitrogens with two attached hydrogens (primary N) is 1. The van der Waals surface area contributed by atoms with Crippen molar-refractivity contribution in [2.24, 2.45) is 0 Å². The molecule has 0 unspecified atom stereocenters. The van der Waals surface area contributed by atoms with Crippen molar-refractivity contribution in [2.75, 3.05) is 5.73 Å². The molecule has 0 saturated heterocycles. The van der Waals surface area contributed by atoms with Gasteiger partial charge in [0, 0.05) is 11.1 Å². The summed E-state index contributed by atoms with van der Waals surface area (Å²) in [5, 5.41) is 10.2. The van der Waals surface area contributed by atoms with Crippen LogP contribution in [0, 0.1) is 25.2 Å². The van der Waals surface area contributed by atoms with Crippen molar-refractivity contribution in [3.05, 3.63) is 41.1 Å². The minimum atomic E-state index is 0.465. The topological polar surface area (TPSA) is 67.1 Å². The summed E-state index contributed by atoms with van der Waals surface area (Å²) < 4.78 is 2.00. The van der Waals surface area contributed by atoms with E-state index in [1.807, 2.05) is 42.5 Å². The first-order chi connectivity index (χ1) is 8.65. The van der Waals surface area contributed by atoms with E-state index in [0.717, 1.165) is 22.2 Å². The lowest BCUT2D eigenvalue weighted by molar-refractivity contribution is 1.11. The number of aromatic nitrogens is 2. The quantitative estimate of drug-likeness (QED) is 0.652. The molecule has 1 aromatic carbocycles. The summed E-state index contributed by atoms with van der Waals surface area (Å²) in [6.45, 7) is 3.93. The summed E-state index contributed by atoms with van der Waals surface area (Å²) in [4.78, 5) is 4.37. The van der Waals surface area contributed by atoms with Crippen LogP contribution in [0.4, 0.5) is 5.82 Å². The maximum atomic E-state index is 9.25. The predicted molar refractivity (Wildman–Crippen MR) is 71.3 cm³/mol. The lowest BCUT2D eigenvalue weighted by Crippen LogP contribution is -1.99. The normalized spacial score (nSPS) is 10.9. The van der Waals surface area contributed by atoms with Crippen LogP contribution in [0.1, 0.15) is 16.8 Å². The zero-order valence-electron chi connectivity index (χ0n) is 10.2. The van der Waals surface area contributed by atoms with E-state index in [2.05, 4.69) is 11.1 Å². The molecule has 0 bridgehead atoms. The third-order valence-corrected chi connectivity index (χ3v) is 3.45. The molecular weight excluding hydrogens is 224 g/mol. The van der Waals surface area contributed by atoms with Crippen LogP contribution in [0.5, 0.6) is 0 Å². The molecule has 0 saturated carbocycles. The fraction of sp³-hybridized carbons (Fsp3) is 0.143. The molecule has 0 aliphatic rings. The Hall–Kier alpha value is -2.54. The Bertz CT molecular complexity index is 821. The number of hydrogen-bond acceptors (Lipinski definition) is 3. The largest absolute Gasteiger partial charge is 0.383 e. The number of nitriles is 1. The highest BCUT2D eigenvalue weighted by Crippen LogP contribution is 2.27. The lowest BCUT2D eigenvalue weighted by Gasteiger charge is -2.06. The number of hydrogen-bond donors (Lipinski definition) is 1. The Labute approximate surface area is 104 Å². The lowest BCUT2D eigenvalue weighted by atomic mass is 10.2. The van der Waals surface area contributed by atoms with Crippen LogP contribution in [0.2, 0.25) is 0 Å². The number of benzene rings is 1. The second-order valence-corrected chi connectivity index (χ2v) is 4.37. The van der Waals surface area contributed by atoms with Gasteiger partial charge in [0.2, 0.25) is 0 Å². The molecule has 2 heterocycles. The molecule has 4 nitrogen and oxygen atoms in total. The Balaban J connectivity index is 2.69. The first-order valence-electron chi connectivity index (χ1n) is 5.71. The average Bonchev–Trinajstić information content (AvgIpc) is 2.62. The molecule has 3 rings (SSSR count). The maximum Gasteiger partial charge on any atom is 0.158 e. The smallest absolute Gasteiger partial charge is 0.158 e. The molecule has 0 radical (unpaired) electrons. The molecule has 0 atom stereocenters. The Morgan fingerprint density at radius 1 is 1.28 bits per heavy atom. The SMILES string of the molecule is Cc1c(C#N)c2nc(N)c3ccccc3n2c1C. The summed E-state index contributed by atoms with van der Waals surface area (Å²) in [6.07, 6.45) is 0. The van der Waals surface area contributed by atoms with Gasteiger partial charge in [-0.15, -0.1) is 0 Å². The Kier molecular flexibility index (Phi) is 2.05. The Morgan fingerprint density at radius 2 is 2.00 bits per heavy atom. The highest BCUT2D eigenvalue weighted by Gasteiger charge is 2.16. The van der Waals surface area contributed by atoms with E-state index < -0.39 is 0 Å². The van der Waals surface area contributed by atoms with Crippen LogP contribution < -0.4 is 5.73 Å². The molecular formula is C14H12N4. The number of anilines is 1. The number of fused-ring (bicyclic) bond motifs is 3. The van der Waals surface area contributed by atoms with Crippen molar-refractivity contribution in [1.82, 2.24) is 9.38 Å². The summed E-state index contributed by atoms with van der Waals surface area (Å²) in [5.74, 6) is 0.465. The second-order valence-electron chi connectivity index (χ2n) is 4.37. The molecule has 2 N–H and O–H groups in total. The van der Waals surface area contributed by atoms with Gasteiger partial charge in [-0.25, -0.2) is 4.98 Å². The maximum absolute atomic E-state index is 9.25. The highest BCUT2D eigenvalue weighted by atomic mass is 15.0. The molecule has 3 aromatic rings. The third kappa shape index (κ3) is 1.16. The average molecular weight is 236 g/mol. The van der Waals surface area contributed by atoms with Gasteiger partial charge < -0.3 is 5.73 Å². The molecule has 0 aliphatic carbocycles. The van der Waals surface area contributed by atoms with Crippen LogP contribution in [0.3, 0.4) is 0 Å². The predicted octanol–water partition coefficient (Wildman–Crippen LogP) is 2.56. The van der Waals surface area contributed by atoms with E-state index in [1.54, 1.807) is 0 Å². The number of nitrogen functional groups attached to an aromatic ring is 1. The second kappa shape index (κ2) is 3.47. The van der Waals surface area contributed by atoms with E-state index in [1.165, 1.54) is 0 Å². The number of nitrogens with zero attached hydrogens (tertiary/aromatic N) is 3. The molecule has 88 valence electrons. The van der Waals surface area contributed by atoms with Crippen LogP contribution in [0.25, 0.3) is 16.6 Å². The first-order valence-corrected chi connectivity index (χ1v) is 5.71. The van der Waals surface area contributed by atoms with E-state index in [-0.39, 0.29) is 0 Å². The molecule has 2 aromatic heterocycles. The number of para-hydroxylation sites is 1. The number of rotatable bonds is 0. The Morgan fingerprint density at radius 3 is 2.72 bits per heavy atom. The molecule has 0 amide bonds. The highest BCUT2D eigenvalue weighted by molar-refractivity contribution is 5.92. The van der Waals surface area contributed by atoms with Gasteiger partial charge in [0.25, 0.3) is 0 Å². The van der Waals surface area contributed by atoms with Crippen molar-refractivity contribution in [2.45, 2.75) is 13.8 Å². The molecule has 18 heavy (non-hydrogen) atoms. The molecule has 0 spiro atoms. The van der Waals surface area contributed by atoms with Crippen LogP contribution >= 0.6 is 0 Å². The van der Waals surface area contributed by atoms with Gasteiger partial charge in [-0.05, 0) is 31.5 Å². The van der Waals surface area contributed by atoms with E-state index in [0.29, 0.717) is 17.0 Å². The van der Waals surface area contributed by atoms with Gasteiger partial charge in [-0.3, -0.25) is 4.40 Å². The van der Waals surface area contributed by atoms with Crippen LogP contribution in [-0.4, -0.2) is 9.38 Å². The van der Waals surface area contributed by atoms with Gasteiger partial charge in [0.15, 0.2) is 5.65 Å². The van der Waals surface area contributed by atoms with Crippen LogP contribution in [0.15, 0.2) is 24.3 Å². The van der Waals surface area contributed by atoms with Crippen molar-refractivity contribution in [1.29, 1.82) is 5.26 Å². The van der Waals surface area contributed by atoms with E-state index in [9.17, 15) is 5.26 Å². The van der Waals surface area contributed by atoms with Crippen molar-refractivity contribution in [3.8, 4) is 6.07 Å². The molecule has 0 fully saturated rings. The van der Waals surface area contributed by atoms with Gasteiger partial charge in [0.1, 0.15) is 11.9 Å². The molecule has 4 heteroatoms. The van der Waals surface area contributed by atoms with Crippen molar-refractivity contribution in [3.63, 3.8) is 0 Å². The number of aryl methyl sites for hydroxylation is 1. The van der Waals surface area contributed by atoms with E-state index in [4.69, 9.17) is 5.73 Å². The fourth-order valence-electron chi connectivity index (χ4n) is 2.38. The van der Waals surface area contributed by atoms with Crippen molar-refractivity contribution >= 4 is 22.4 Å². The van der Waals surface area contributed by atoms with E-state index >= 15 is 0 Å². The third-order valence-electron chi connectivity index (χ3n) is 3.45. The fourth-order valence-corrected chi connectivity index (χ4v) is 2.38. The van der Waals surface area contributed by atoms with Gasteiger partial charge in [-0.1, -0.05) is 12.1 Å². The zero-order valence-corrected chi connectivity index (χ0v) is 10.2. The summed E-state index contributed by atoms with van der Waals surface area (Å²) in [6, 6.07) is 10.0. The molecule has 0 aliphatic heterocycles. The minimum Gasteiger partial charge on any atom is -0.383 e. The first kappa shape index (κ1) is 10.6. The summed E-state index contributed by atoms with van der Waals surface area (Å²) in [7, 11) is 0. The summed E-state index contributed by atoms with van der Waals surface area (Å²) >= 11 is 0.